The second kappa shape index (κ2) is 6.82. The number of anilines is 1. The molecular weight excluding hydrogens is 330 g/mol. The van der Waals surface area contributed by atoms with Gasteiger partial charge in [-0.2, -0.15) is 11.3 Å². The molecule has 0 saturated carbocycles. The Labute approximate surface area is 143 Å². The van der Waals surface area contributed by atoms with E-state index in [0.717, 1.165) is 19.4 Å². The van der Waals surface area contributed by atoms with Crippen LogP contribution in [0.15, 0.2) is 28.3 Å². The highest BCUT2D eigenvalue weighted by molar-refractivity contribution is 7.14. The van der Waals surface area contributed by atoms with Crippen molar-refractivity contribution in [1.82, 2.24) is 4.90 Å². The fraction of sp³-hybridized carbons (Fsp3) is 0.375. The van der Waals surface area contributed by atoms with Crippen molar-refractivity contribution in [2.24, 2.45) is 5.73 Å². The zero-order valence-corrected chi connectivity index (χ0v) is 14.5. The predicted molar refractivity (Wildman–Crippen MR) is 93.9 cm³/mol. The normalized spacial score (nSPS) is 19.6. The number of nitrogens with one attached hydrogen (secondary N) is 1. The Morgan fingerprint density at radius 1 is 1.39 bits per heavy atom. The number of carbonyl (C=O) groups is 2. The van der Waals surface area contributed by atoms with Gasteiger partial charge in [-0.25, -0.2) is 0 Å². The second-order valence-corrected chi connectivity index (χ2v) is 7.34. The first-order valence-electron chi connectivity index (χ1n) is 7.54. The maximum atomic E-state index is 12.6. The summed E-state index contributed by atoms with van der Waals surface area (Å²) in [6, 6.07) is 3.80. The van der Waals surface area contributed by atoms with Gasteiger partial charge in [0.2, 0.25) is 5.91 Å². The number of thiophene rings is 2. The van der Waals surface area contributed by atoms with Crippen LogP contribution >= 0.6 is 22.7 Å². The third kappa shape index (κ3) is 3.31. The number of hydrogen-bond donors (Lipinski definition) is 2. The third-order valence-corrected chi connectivity index (χ3v) is 5.80. The van der Waals surface area contributed by atoms with Gasteiger partial charge in [0.1, 0.15) is 5.00 Å². The summed E-state index contributed by atoms with van der Waals surface area (Å²) in [6.45, 7) is 2.82. The number of rotatable bonds is 5. The summed E-state index contributed by atoms with van der Waals surface area (Å²) in [5.41, 5.74) is 6.97. The molecule has 7 heteroatoms. The molecule has 3 rings (SSSR count). The zero-order valence-electron chi connectivity index (χ0n) is 12.8. The molecule has 0 aromatic carbocycles. The lowest BCUT2D eigenvalue weighted by molar-refractivity contribution is -0.121. The summed E-state index contributed by atoms with van der Waals surface area (Å²) >= 11 is 3.00. The van der Waals surface area contributed by atoms with Crippen molar-refractivity contribution < 1.29 is 9.59 Å². The smallest absolute Gasteiger partial charge is 0.251 e. The standard InChI is InChI=1S/C16H19N3O2S2/c1-10(15(21)18-16-12(14(17)20)5-8-23-16)19-6-2-3-13(19)11-4-7-22-9-11/h4-5,7-10,13H,2-3,6H2,1H3,(H2,17,20)(H,18,21)/t10-,13+/m1/s1. The molecule has 2 aromatic rings. The summed E-state index contributed by atoms with van der Waals surface area (Å²) in [6.07, 6.45) is 2.16. The zero-order chi connectivity index (χ0) is 16.4. The molecule has 23 heavy (non-hydrogen) atoms. The van der Waals surface area contributed by atoms with Crippen molar-refractivity contribution >= 4 is 39.5 Å². The molecular formula is C16H19N3O2S2. The molecule has 1 aliphatic rings. The van der Waals surface area contributed by atoms with E-state index in [9.17, 15) is 9.59 Å². The molecule has 0 unspecified atom stereocenters. The first kappa shape index (κ1) is 16.2. The summed E-state index contributed by atoms with van der Waals surface area (Å²) in [7, 11) is 0. The van der Waals surface area contributed by atoms with Crippen LogP contribution in [0.3, 0.4) is 0 Å². The summed E-state index contributed by atoms with van der Waals surface area (Å²) in [4.78, 5) is 26.2. The number of primary amides is 1. The van der Waals surface area contributed by atoms with Crippen molar-refractivity contribution in [3.8, 4) is 0 Å². The SMILES string of the molecule is C[C@H](C(=O)Nc1sccc1C(N)=O)N1CCC[C@H]1c1ccsc1. The van der Waals surface area contributed by atoms with Gasteiger partial charge in [0, 0.05) is 6.04 Å². The predicted octanol–water partition coefficient (Wildman–Crippen LogP) is 3.07. The highest BCUT2D eigenvalue weighted by Gasteiger charge is 2.33. The monoisotopic (exact) mass is 349 g/mol. The van der Waals surface area contributed by atoms with Gasteiger partial charge in [-0.05, 0) is 60.1 Å². The van der Waals surface area contributed by atoms with E-state index in [4.69, 9.17) is 5.73 Å². The average molecular weight is 349 g/mol. The van der Waals surface area contributed by atoms with E-state index in [1.165, 1.54) is 16.9 Å². The molecule has 2 atom stereocenters. The van der Waals surface area contributed by atoms with E-state index in [-0.39, 0.29) is 11.9 Å². The van der Waals surface area contributed by atoms with Gasteiger partial charge in [-0.1, -0.05) is 0 Å². The van der Waals surface area contributed by atoms with Crippen molar-refractivity contribution in [2.75, 3.05) is 11.9 Å². The minimum atomic E-state index is -0.522. The number of carbonyl (C=O) groups excluding carboxylic acids is 2. The Bertz CT molecular complexity index is 696. The lowest BCUT2D eigenvalue weighted by atomic mass is 10.1. The number of nitrogens with two attached hydrogens (primary N) is 1. The van der Waals surface area contributed by atoms with E-state index < -0.39 is 5.91 Å². The van der Waals surface area contributed by atoms with E-state index in [2.05, 4.69) is 27.0 Å². The molecule has 5 nitrogen and oxygen atoms in total. The molecule has 2 amide bonds. The Balaban J connectivity index is 1.72. The van der Waals surface area contributed by atoms with Crippen LogP contribution in [0, 0.1) is 0 Å². The quantitative estimate of drug-likeness (QED) is 0.871. The van der Waals surface area contributed by atoms with Crippen LogP contribution in [-0.2, 0) is 4.79 Å². The van der Waals surface area contributed by atoms with Gasteiger partial charge >= 0.3 is 0 Å². The fourth-order valence-corrected chi connectivity index (χ4v) is 4.54. The largest absolute Gasteiger partial charge is 0.366 e. The van der Waals surface area contributed by atoms with Crippen LogP contribution in [0.4, 0.5) is 5.00 Å². The molecule has 0 spiro atoms. The van der Waals surface area contributed by atoms with E-state index in [1.807, 2.05) is 6.92 Å². The minimum Gasteiger partial charge on any atom is -0.366 e. The molecule has 1 fully saturated rings. The Hall–Kier alpha value is -1.70. The summed E-state index contributed by atoms with van der Waals surface area (Å²) < 4.78 is 0. The van der Waals surface area contributed by atoms with Gasteiger partial charge in [0.05, 0.1) is 11.6 Å². The summed E-state index contributed by atoms with van der Waals surface area (Å²) in [5.74, 6) is -0.622. The highest BCUT2D eigenvalue weighted by atomic mass is 32.1. The number of amides is 2. The van der Waals surface area contributed by atoms with Crippen LogP contribution in [0.2, 0.25) is 0 Å². The lowest BCUT2D eigenvalue weighted by Crippen LogP contribution is -2.41. The molecule has 1 saturated heterocycles. The van der Waals surface area contributed by atoms with Crippen molar-refractivity contribution in [3.63, 3.8) is 0 Å². The topological polar surface area (TPSA) is 75.4 Å². The van der Waals surface area contributed by atoms with Gasteiger partial charge in [-0.3, -0.25) is 14.5 Å². The third-order valence-electron chi connectivity index (χ3n) is 4.27. The minimum absolute atomic E-state index is 0.0999. The number of likely N-dealkylation sites (tertiary alicyclic amines) is 1. The highest BCUT2D eigenvalue weighted by Crippen LogP contribution is 2.35. The van der Waals surface area contributed by atoms with E-state index >= 15 is 0 Å². The molecule has 3 N–H and O–H groups in total. The van der Waals surface area contributed by atoms with Crippen LogP contribution in [0.5, 0.6) is 0 Å². The Morgan fingerprint density at radius 2 is 2.22 bits per heavy atom. The van der Waals surface area contributed by atoms with Crippen LogP contribution in [0.25, 0.3) is 0 Å². The molecule has 1 aliphatic heterocycles. The first-order valence-corrected chi connectivity index (χ1v) is 9.36. The average Bonchev–Trinajstić information content (AvgIpc) is 3.26. The first-order chi connectivity index (χ1) is 11.1. The van der Waals surface area contributed by atoms with Gasteiger partial charge in [0.25, 0.3) is 5.91 Å². The molecule has 122 valence electrons. The second-order valence-electron chi connectivity index (χ2n) is 5.65. The molecule has 0 bridgehead atoms. The van der Waals surface area contributed by atoms with Gasteiger partial charge < -0.3 is 11.1 Å². The van der Waals surface area contributed by atoms with E-state index in [1.54, 1.807) is 22.8 Å². The lowest BCUT2D eigenvalue weighted by Gasteiger charge is -2.29. The Kier molecular flexibility index (Phi) is 4.79. The van der Waals surface area contributed by atoms with Crippen molar-refractivity contribution in [1.29, 1.82) is 0 Å². The van der Waals surface area contributed by atoms with Gasteiger partial charge in [0.15, 0.2) is 0 Å². The molecule has 0 radical (unpaired) electrons. The van der Waals surface area contributed by atoms with Crippen molar-refractivity contribution in [2.45, 2.75) is 31.8 Å². The van der Waals surface area contributed by atoms with Crippen LogP contribution < -0.4 is 11.1 Å². The van der Waals surface area contributed by atoms with Crippen LogP contribution in [0.1, 0.15) is 41.7 Å². The van der Waals surface area contributed by atoms with E-state index in [0.29, 0.717) is 16.6 Å². The van der Waals surface area contributed by atoms with Crippen LogP contribution in [-0.4, -0.2) is 29.3 Å². The fourth-order valence-electron chi connectivity index (χ4n) is 3.04. The maximum Gasteiger partial charge on any atom is 0.251 e. The Morgan fingerprint density at radius 3 is 2.91 bits per heavy atom. The summed E-state index contributed by atoms with van der Waals surface area (Å²) in [5, 5.41) is 9.36. The molecule has 3 heterocycles. The van der Waals surface area contributed by atoms with Gasteiger partial charge in [-0.15, -0.1) is 11.3 Å². The van der Waals surface area contributed by atoms with Crippen molar-refractivity contribution in [3.05, 3.63) is 39.4 Å². The number of hydrogen-bond acceptors (Lipinski definition) is 5. The molecule has 0 aliphatic carbocycles. The maximum absolute atomic E-state index is 12.6. The number of nitrogens with zero attached hydrogens (tertiary/aromatic N) is 1. The molecule has 2 aromatic heterocycles.